The molecule has 51 heavy (non-hydrogen) atoms. The summed E-state index contributed by atoms with van der Waals surface area (Å²) < 4.78 is 29.2. The summed E-state index contributed by atoms with van der Waals surface area (Å²) in [7, 11) is 0.507. The van der Waals surface area contributed by atoms with Gasteiger partial charge in [0, 0.05) is 36.4 Å². The first-order valence-corrected chi connectivity index (χ1v) is 19.2. The van der Waals surface area contributed by atoms with Gasteiger partial charge in [-0.2, -0.15) is 10.1 Å². The Morgan fingerprint density at radius 3 is 2.24 bits per heavy atom. The predicted molar refractivity (Wildman–Crippen MR) is 202 cm³/mol. The van der Waals surface area contributed by atoms with Gasteiger partial charge in [-0.25, -0.2) is 14.2 Å². The molecular weight excluding hydrogens is 666 g/mol. The van der Waals surface area contributed by atoms with E-state index in [1.807, 2.05) is 12.1 Å². The third-order valence-corrected chi connectivity index (χ3v) is 14.1. The number of ether oxygens (including phenoxy) is 1. The van der Waals surface area contributed by atoms with Crippen LogP contribution in [0.4, 0.5) is 21.0 Å². The van der Waals surface area contributed by atoms with Crippen molar-refractivity contribution in [2.24, 2.45) is 0 Å². The number of halogens is 1. The molecule has 0 radical (unpaired) electrons. The Hall–Kier alpha value is -4.85. The normalized spacial score (nSPS) is 12.5. The molecule has 5 rings (SSSR count). The maximum absolute atomic E-state index is 14.8. The second-order valence-corrected chi connectivity index (χ2v) is 17.9. The number of hydrogen-bond acceptors (Lipinski definition) is 8. The zero-order valence-corrected chi connectivity index (χ0v) is 31.2. The molecule has 0 aliphatic heterocycles. The van der Waals surface area contributed by atoms with E-state index >= 15 is 0 Å². The minimum atomic E-state index is -2.75. The molecule has 0 bridgehead atoms. The first-order chi connectivity index (χ1) is 24.5. The Balaban J connectivity index is 1.50. The summed E-state index contributed by atoms with van der Waals surface area (Å²) in [6, 6.07) is 24.1. The van der Waals surface area contributed by atoms with Crippen molar-refractivity contribution >= 4 is 47.6 Å². The SMILES string of the molecule is CCC[C@@H](CCO[Si](c1ccccc1)(c1ccccc1)C(C)(C)C)Nc1nc(NC(=O)O)nc2cnn(Cc3cc(CNC)c(F)cc3OC)c12. The average molecular weight is 714 g/mol. The van der Waals surface area contributed by atoms with Gasteiger partial charge < -0.3 is 24.9 Å². The molecule has 0 aliphatic rings. The minimum absolute atomic E-state index is 0.0634. The van der Waals surface area contributed by atoms with Crippen LogP contribution in [-0.4, -0.2) is 66.1 Å². The van der Waals surface area contributed by atoms with Gasteiger partial charge in [-0.1, -0.05) is 94.8 Å². The molecule has 2 heterocycles. The molecule has 1 amide bonds. The van der Waals surface area contributed by atoms with Crippen LogP contribution in [0.5, 0.6) is 5.75 Å². The number of methoxy groups -OCH3 is 1. The first kappa shape index (κ1) is 37.4. The smallest absolute Gasteiger partial charge is 0.411 e. The van der Waals surface area contributed by atoms with Crippen LogP contribution in [0, 0.1) is 5.82 Å². The number of hydrogen-bond donors (Lipinski definition) is 4. The summed E-state index contributed by atoms with van der Waals surface area (Å²) in [6.07, 6.45) is 2.67. The van der Waals surface area contributed by atoms with Crippen molar-refractivity contribution in [1.82, 2.24) is 25.1 Å². The van der Waals surface area contributed by atoms with Crippen molar-refractivity contribution in [2.75, 3.05) is 31.4 Å². The molecule has 0 fully saturated rings. The van der Waals surface area contributed by atoms with Crippen LogP contribution in [0.1, 0.15) is 58.1 Å². The standard InChI is InChI=1S/C38H48FN7O4Si/c1-7-14-28(19-20-50-51(38(2,3)4,29-15-10-8-11-16-29)30-17-12-9-13-18-30)42-35-34-32(43-36(44-35)45-37(47)48)24-41-46(34)25-27-21-26(23-40-5)31(39)22-33(27)49-6/h8-13,15-18,21-22,24,28,40H,7,14,19-20,23,25H2,1-6H3,(H,47,48)(H2,42,43,44,45)/t28-/m0/s1. The summed E-state index contributed by atoms with van der Waals surface area (Å²) in [6.45, 7) is 9.97. The summed E-state index contributed by atoms with van der Waals surface area (Å²) >= 11 is 0. The van der Waals surface area contributed by atoms with Gasteiger partial charge in [0.25, 0.3) is 8.32 Å². The molecule has 0 unspecified atom stereocenters. The summed E-state index contributed by atoms with van der Waals surface area (Å²) in [5.41, 5.74) is 2.25. The number of nitrogens with zero attached hydrogens (tertiary/aromatic N) is 4. The fraction of sp³-hybridized carbons (Fsp3) is 0.368. The van der Waals surface area contributed by atoms with Gasteiger partial charge in [0.1, 0.15) is 22.6 Å². The third-order valence-electron chi connectivity index (χ3n) is 9.02. The number of rotatable bonds is 16. The molecule has 0 saturated heterocycles. The van der Waals surface area contributed by atoms with E-state index in [1.165, 1.54) is 23.5 Å². The van der Waals surface area contributed by atoms with E-state index in [9.17, 15) is 14.3 Å². The summed E-state index contributed by atoms with van der Waals surface area (Å²) in [4.78, 5) is 20.7. The average Bonchev–Trinajstić information content (AvgIpc) is 3.50. The number of anilines is 2. The van der Waals surface area contributed by atoms with Gasteiger partial charge in [-0.3, -0.25) is 10.00 Å². The monoisotopic (exact) mass is 713 g/mol. The molecule has 5 aromatic rings. The zero-order valence-electron chi connectivity index (χ0n) is 30.2. The number of aromatic nitrogens is 4. The van der Waals surface area contributed by atoms with Crippen molar-refractivity contribution in [1.29, 1.82) is 0 Å². The van der Waals surface area contributed by atoms with E-state index in [2.05, 4.69) is 107 Å². The van der Waals surface area contributed by atoms with Gasteiger partial charge in [0.15, 0.2) is 5.82 Å². The number of nitrogens with one attached hydrogen (secondary N) is 3. The van der Waals surface area contributed by atoms with Crippen molar-refractivity contribution in [2.45, 2.75) is 71.1 Å². The zero-order chi connectivity index (χ0) is 36.6. The first-order valence-electron chi connectivity index (χ1n) is 17.3. The van der Waals surface area contributed by atoms with Crippen molar-refractivity contribution in [3.63, 3.8) is 0 Å². The maximum atomic E-state index is 14.8. The second kappa shape index (κ2) is 16.4. The lowest BCUT2D eigenvalue weighted by Crippen LogP contribution is -2.66. The Bertz CT molecular complexity index is 1880. The highest BCUT2D eigenvalue weighted by Gasteiger charge is 2.50. The lowest BCUT2D eigenvalue weighted by Gasteiger charge is -2.43. The molecule has 270 valence electrons. The van der Waals surface area contributed by atoms with Crippen LogP contribution in [0.25, 0.3) is 11.0 Å². The molecule has 0 saturated carbocycles. The van der Waals surface area contributed by atoms with Crippen LogP contribution in [0.15, 0.2) is 79.0 Å². The lowest BCUT2D eigenvalue weighted by atomic mass is 10.1. The molecule has 13 heteroatoms. The van der Waals surface area contributed by atoms with Crippen LogP contribution in [-0.2, 0) is 17.5 Å². The predicted octanol–water partition coefficient (Wildman–Crippen LogP) is 6.38. The van der Waals surface area contributed by atoms with Crippen LogP contribution < -0.4 is 31.1 Å². The second-order valence-electron chi connectivity index (χ2n) is 13.6. The third kappa shape index (κ3) is 8.38. The fourth-order valence-electron chi connectivity index (χ4n) is 6.77. The summed E-state index contributed by atoms with van der Waals surface area (Å²) in [5, 5.41) is 25.3. The number of fused-ring (bicyclic) bond motifs is 1. The van der Waals surface area contributed by atoms with Crippen molar-refractivity contribution < 1.29 is 23.5 Å². The Morgan fingerprint density at radius 2 is 1.67 bits per heavy atom. The Kier molecular flexibility index (Phi) is 12.1. The van der Waals surface area contributed by atoms with Gasteiger partial charge in [-0.05, 0) is 41.4 Å². The largest absolute Gasteiger partial charge is 0.496 e. The van der Waals surface area contributed by atoms with Gasteiger partial charge in [-0.15, -0.1) is 0 Å². The number of amides is 1. The number of carbonyl (C=O) groups is 1. The molecule has 11 nitrogen and oxygen atoms in total. The van der Waals surface area contributed by atoms with E-state index in [4.69, 9.17) is 9.16 Å². The van der Waals surface area contributed by atoms with E-state index in [0.717, 1.165) is 18.4 Å². The van der Waals surface area contributed by atoms with E-state index in [1.54, 1.807) is 24.0 Å². The van der Waals surface area contributed by atoms with Crippen LogP contribution >= 0.6 is 0 Å². The highest BCUT2D eigenvalue weighted by atomic mass is 28.4. The molecular formula is C38H48FN7O4Si. The van der Waals surface area contributed by atoms with Crippen LogP contribution in [0.3, 0.4) is 0 Å². The highest BCUT2D eigenvalue weighted by Crippen LogP contribution is 2.37. The Labute approximate surface area is 299 Å². The van der Waals surface area contributed by atoms with E-state index < -0.39 is 14.4 Å². The topological polar surface area (TPSA) is 135 Å². The van der Waals surface area contributed by atoms with Gasteiger partial charge in [0.2, 0.25) is 5.95 Å². The maximum Gasteiger partial charge on any atom is 0.411 e. The summed E-state index contributed by atoms with van der Waals surface area (Å²) in [5.74, 6) is 0.390. The molecule has 0 spiro atoms. The van der Waals surface area contributed by atoms with Crippen molar-refractivity contribution in [3.8, 4) is 5.75 Å². The lowest BCUT2D eigenvalue weighted by molar-refractivity contribution is 0.209. The quantitative estimate of drug-likeness (QED) is 0.0860. The fourth-order valence-corrected chi connectivity index (χ4v) is 11.3. The molecule has 3 aromatic carbocycles. The number of carboxylic acid groups (broad SMARTS) is 1. The molecule has 2 aromatic heterocycles. The number of benzene rings is 3. The van der Waals surface area contributed by atoms with E-state index in [0.29, 0.717) is 47.7 Å². The Morgan fingerprint density at radius 1 is 1.00 bits per heavy atom. The minimum Gasteiger partial charge on any atom is -0.496 e. The molecule has 0 aliphatic carbocycles. The highest BCUT2D eigenvalue weighted by molar-refractivity contribution is 6.99. The van der Waals surface area contributed by atoms with Crippen molar-refractivity contribution in [3.05, 3.63) is 95.9 Å². The van der Waals surface area contributed by atoms with Gasteiger partial charge in [0.05, 0.1) is 19.9 Å². The molecule has 1 atom stereocenters. The van der Waals surface area contributed by atoms with Gasteiger partial charge >= 0.3 is 6.09 Å². The molecule has 4 N–H and O–H groups in total. The van der Waals surface area contributed by atoms with E-state index in [-0.39, 0.29) is 29.4 Å². The van der Waals surface area contributed by atoms with Crippen LogP contribution in [0.2, 0.25) is 5.04 Å².